The molecule has 2 heterocycles. The summed E-state index contributed by atoms with van der Waals surface area (Å²) in [6.45, 7) is 5.82. The van der Waals surface area contributed by atoms with E-state index in [0.717, 1.165) is 0 Å². The van der Waals surface area contributed by atoms with Crippen molar-refractivity contribution in [3.05, 3.63) is 39.4 Å². The zero-order valence-corrected chi connectivity index (χ0v) is 13.2. The average Bonchev–Trinajstić information content (AvgIpc) is 3.05. The number of nitrogens with zero attached hydrogens (tertiary/aromatic N) is 3. The molecule has 0 aliphatic carbocycles. The molecule has 2 atom stereocenters. The molecule has 0 N–H and O–H groups in total. The maximum absolute atomic E-state index is 12.6. The van der Waals surface area contributed by atoms with Crippen LogP contribution in [0, 0.1) is 28.9 Å². The van der Waals surface area contributed by atoms with Gasteiger partial charge in [0.05, 0.1) is 4.92 Å². The fourth-order valence-corrected chi connectivity index (χ4v) is 3.54. The van der Waals surface area contributed by atoms with E-state index < -0.39 is 4.92 Å². The number of aryl methyl sites for hydroxylation is 1. The van der Waals surface area contributed by atoms with Crippen molar-refractivity contribution >= 4 is 17.5 Å². The summed E-state index contributed by atoms with van der Waals surface area (Å²) in [6.07, 6.45) is 0. The van der Waals surface area contributed by atoms with Crippen LogP contribution >= 0.6 is 0 Å². The lowest BCUT2D eigenvalue weighted by molar-refractivity contribution is -0.385. The van der Waals surface area contributed by atoms with Crippen molar-refractivity contribution in [2.45, 2.75) is 13.8 Å². The lowest BCUT2D eigenvalue weighted by Crippen LogP contribution is -2.34. The van der Waals surface area contributed by atoms with E-state index in [1.807, 2.05) is 4.90 Å². The number of fused-ring (bicyclic) bond motifs is 1. The number of carbonyl (C=O) groups excluding carboxylic acids is 2. The van der Waals surface area contributed by atoms with Crippen LogP contribution in [0.4, 0.5) is 5.69 Å². The normalized spacial score (nSPS) is 23.0. The zero-order valence-electron chi connectivity index (χ0n) is 13.2. The topological polar surface area (TPSA) is 83.8 Å². The second-order valence-corrected chi connectivity index (χ2v) is 6.41. The van der Waals surface area contributed by atoms with Gasteiger partial charge in [0.15, 0.2) is 0 Å². The number of benzene rings is 1. The van der Waals surface area contributed by atoms with Crippen molar-refractivity contribution in [2.75, 3.05) is 26.2 Å². The molecule has 23 heavy (non-hydrogen) atoms. The van der Waals surface area contributed by atoms with Gasteiger partial charge in [0, 0.05) is 62.1 Å². The highest BCUT2D eigenvalue weighted by Gasteiger charge is 2.42. The minimum atomic E-state index is -0.463. The predicted octanol–water partition coefficient (Wildman–Crippen LogP) is 1.45. The van der Waals surface area contributed by atoms with E-state index in [1.165, 1.54) is 6.07 Å². The van der Waals surface area contributed by atoms with Crippen LogP contribution in [0.3, 0.4) is 0 Å². The number of likely N-dealkylation sites (tertiary alicyclic amines) is 2. The van der Waals surface area contributed by atoms with E-state index >= 15 is 0 Å². The molecule has 2 amide bonds. The smallest absolute Gasteiger partial charge is 0.273 e. The van der Waals surface area contributed by atoms with Crippen LogP contribution < -0.4 is 0 Å². The Morgan fingerprint density at radius 2 is 1.70 bits per heavy atom. The molecule has 2 unspecified atom stereocenters. The first-order chi connectivity index (χ1) is 10.9. The molecule has 0 radical (unpaired) electrons. The molecule has 0 spiro atoms. The SMILES string of the molecule is CC(=O)N1CC2CN(C(=O)c3ccc(C)c([N+](=O)[O-])c3)CC2C1. The Bertz CT molecular complexity index is 674. The first-order valence-electron chi connectivity index (χ1n) is 7.66. The fraction of sp³-hybridized carbons (Fsp3) is 0.500. The lowest BCUT2D eigenvalue weighted by Gasteiger charge is -2.21. The van der Waals surface area contributed by atoms with E-state index in [9.17, 15) is 19.7 Å². The van der Waals surface area contributed by atoms with Crippen molar-refractivity contribution in [3.63, 3.8) is 0 Å². The number of nitro benzene ring substituents is 1. The summed E-state index contributed by atoms with van der Waals surface area (Å²) in [5.41, 5.74) is 0.866. The van der Waals surface area contributed by atoms with E-state index in [1.54, 1.807) is 30.9 Å². The molecule has 0 saturated carbocycles. The van der Waals surface area contributed by atoms with Gasteiger partial charge >= 0.3 is 0 Å². The predicted molar refractivity (Wildman–Crippen MR) is 83.0 cm³/mol. The molecule has 0 bridgehead atoms. The first-order valence-corrected chi connectivity index (χ1v) is 7.66. The minimum Gasteiger partial charge on any atom is -0.342 e. The standard InChI is InChI=1S/C16H19N3O4/c1-10-3-4-12(5-15(10)19(22)23)16(21)18-8-13-6-17(11(2)20)7-14(13)9-18/h3-5,13-14H,6-9H2,1-2H3. The Morgan fingerprint density at radius 1 is 1.13 bits per heavy atom. The van der Waals surface area contributed by atoms with Crippen LogP contribution in [-0.4, -0.2) is 52.7 Å². The molecule has 2 aliphatic heterocycles. The summed E-state index contributed by atoms with van der Waals surface area (Å²) >= 11 is 0. The molecular formula is C16H19N3O4. The molecular weight excluding hydrogens is 298 g/mol. The van der Waals surface area contributed by atoms with E-state index in [-0.39, 0.29) is 17.5 Å². The number of amides is 2. The number of hydrogen-bond acceptors (Lipinski definition) is 4. The van der Waals surface area contributed by atoms with Gasteiger partial charge in [-0.15, -0.1) is 0 Å². The highest BCUT2D eigenvalue weighted by atomic mass is 16.6. The quantitative estimate of drug-likeness (QED) is 0.610. The molecule has 0 aromatic heterocycles. The molecule has 7 nitrogen and oxygen atoms in total. The molecule has 122 valence electrons. The summed E-state index contributed by atoms with van der Waals surface area (Å²) in [6, 6.07) is 4.61. The second kappa shape index (κ2) is 5.64. The van der Waals surface area contributed by atoms with Crippen molar-refractivity contribution in [1.82, 2.24) is 9.80 Å². The van der Waals surface area contributed by atoms with Crippen LogP contribution in [0.1, 0.15) is 22.8 Å². The molecule has 1 aromatic rings. The van der Waals surface area contributed by atoms with E-state index in [4.69, 9.17) is 0 Å². The molecule has 2 fully saturated rings. The summed E-state index contributed by atoms with van der Waals surface area (Å²) in [7, 11) is 0. The van der Waals surface area contributed by atoms with Crippen molar-refractivity contribution in [2.24, 2.45) is 11.8 Å². The number of rotatable bonds is 2. The van der Waals surface area contributed by atoms with Gasteiger partial charge in [-0.3, -0.25) is 19.7 Å². The lowest BCUT2D eigenvalue weighted by atomic mass is 10.0. The third-order valence-electron chi connectivity index (χ3n) is 4.87. The molecule has 3 rings (SSSR count). The van der Waals surface area contributed by atoms with Crippen LogP contribution in [0.15, 0.2) is 18.2 Å². The maximum Gasteiger partial charge on any atom is 0.273 e. The van der Waals surface area contributed by atoms with Gasteiger partial charge < -0.3 is 9.80 Å². The van der Waals surface area contributed by atoms with Gasteiger partial charge in [-0.05, 0) is 13.0 Å². The third-order valence-corrected chi connectivity index (χ3v) is 4.87. The third kappa shape index (κ3) is 2.78. The Balaban J connectivity index is 1.73. The summed E-state index contributed by atoms with van der Waals surface area (Å²) < 4.78 is 0. The van der Waals surface area contributed by atoms with Crippen molar-refractivity contribution < 1.29 is 14.5 Å². The van der Waals surface area contributed by atoms with Crippen LogP contribution in [-0.2, 0) is 4.79 Å². The highest BCUT2D eigenvalue weighted by molar-refractivity contribution is 5.95. The summed E-state index contributed by atoms with van der Waals surface area (Å²) in [5, 5.41) is 11.0. The van der Waals surface area contributed by atoms with Gasteiger partial charge in [0.2, 0.25) is 5.91 Å². The van der Waals surface area contributed by atoms with E-state index in [2.05, 4.69) is 0 Å². The van der Waals surface area contributed by atoms with E-state index in [0.29, 0.717) is 49.1 Å². The average molecular weight is 317 g/mol. The van der Waals surface area contributed by atoms with Gasteiger partial charge in [-0.1, -0.05) is 6.07 Å². The first kappa shape index (κ1) is 15.5. The largest absolute Gasteiger partial charge is 0.342 e. The number of nitro groups is 1. The van der Waals surface area contributed by atoms with Crippen LogP contribution in [0.2, 0.25) is 0 Å². The Kier molecular flexibility index (Phi) is 3.79. The van der Waals surface area contributed by atoms with Gasteiger partial charge in [0.1, 0.15) is 0 Å². The second-order valence-electron chi connectivity index (χ2n) is 6.41. The van der Waals surface area contributed by atoms with Gasteiger partial charge in [0.25, 0.3) is 11.6 Å². The minimum absolute atomic E-state index is 0.0296. The summed E-state index contributed by atoms with van der Waals surface area (Å²) in [4.78, 5) is 38.2. The van der Waals surface area contributed by atoms with Crippen molar-refractivity contribution in [3.8, 4) is 0 Å². The molecule has 2 saturated heterocycles. The fourth-order valence-electron chi connectivity index (χ4n) is 3.54. The monoisotopic (exact) mass is 317 g/mol. The van der Waals surface area contributed by atoms with Crippen LogP contribution in [0.5, 0.6) is 0 Å². The van der Waals surface area contributed by atoms with Crippen molar-refractivity contribution in [1.29, 1.82) is 0 Å². The summed E-state index contributed by atoms with van der Waals surface area (Å²) in [5.74, 6) is 0.523. The maximum atomic E-state index is 12.6. The molecule has 1 aromatic carbocycles. The Hall–Kier alpha value is -2.44. The Morgan fingerprint density at radius 3 is 2.22 bits per heavy atom. The molecule has 2 aliphatic rings. The van der Waals surface area contributed by atoms with Crippen LogP contribution in [0.25, 0.3) is 0 Å². The highest BCUT2D eigenvalue weighted by Crippen LogP contribution is 2.32. The zero-order chi connectivity index (χ0) is 16.7. The number of carbonyl (C=O) groups is 2. The van der Waals surface area contributed by atoms with Gasteiger partial charge in [-0.25, -0.2) is 0 Å². The number of hydrogen-bond donors (Lipinski definition) is 0. The molecule has 7 heteroatoms. The van der Waals surface area contributed by atoms with Gasteiger partial charge in [-0.2, -0.15) is 0 Å². The Labute approximate surface area is 134 Å².